The first-order valence-corrected chi connectivity index (χ1v) is 8.90. The number of nitrogens with zero attached hydrogens (tertiary/aromatic N) is 3. The lowest BCUT2D eigenvalue weighted by Crippen LogP contribution is -2.57. The Morgan fingerprint density at radius 3 is 2.56 bits per heavy atom. The number of piperazine rings is 1. The summed E-state index contributed by atoms with van der Waals surface area (Å²) in [5.74, 6) is -0.298. The molecule has 0 spiro atoms. The van der Waals surface area contributed by atoms with Crippen molar-refractivity contribution in [2.75, 3.05) is 18.0 Å². The van der Waals surface area contributed by atoms with Crippen molar-refractivity contribution in [2.45, 2.75) is 13.0 Å². The van der Waals surface area contributed by atoms with Crippen LogP contribution >= 0.6 is 0 Å². The number of para-hydroxylation sites is 1. The Balaban J connectivity index is 1.62. The number of benzene rings is 2. The summed E-state index contributed by atoms with van der Waals surface area (Å²) in [6.45, 7) is 2.45. The van der Waals surface area contributed by atoms with Crippen molar-refractivity contribution in [1.82, 2.24) is 15.1 Å². The summed E-state index contributed by atoms with van der Waals surface area (Å²) < 4.78 is 0. The van der Waals surface area contributed by atoms with Crippen molar-refractivity contribution in [3.63, 3.8) is 0 Å². The highest BCUT2D eigenvalue weighted by molar-refractivity contribution is 6.03. The van der Waals surface area contributed by atoms with E-state index in [-0.39, 0.29) is 24.4 Å². The minimum absolute atomic E-state index is 0.0438. The molecular weight excluding hydrogens is 340 g/mol. The SMILES string of the molecule is CC1CN(c2ccccc2-c2ccccc2)C(=O)CN1C(=O)c1ccn[nH]1. The summed E-state index contributed by atoms with van der Waals surface area (Å²) in [5.41, 5.74) is 3.33. The molecule has 6 heteroatoms. The van der Waals surface area contributed by atoms with E-state index >= 15 is 0 Å². The van der Waals surface area contributed by atoms with Crippen LogP contribution in [0.5, 0.6) is 0 Å². The van der Waals surface area contributed by atoms with Crippen LogP contribution in [0, 0.1) is 0 Å². The number of H-pyrrole nitrogens is 1. The van der Waals surface area contributed by atoms with Gasteiger partial charge in [0.25, 0.3) is 5.91 Å². The van der Waals surface area contributed by atoms with Gasteiger partial charge in [-0.3, -0.25) is 14.7 Å². The topological polar surface area (TPSA) is 69.3 Å². The Kier molecular flexibility index (Phi) is 4.46. The van der Waals surface area contributed by atoms with E-state index < -0.39 is 0 Å². The Labute approximate surface area is 157 Å². The minimum atomic E-state index is -0.204. The molecule has 4 rings (SSSR count). The fourth-order valence-electron chi connectivity index (χ4n) is 3.46. The summed E-state index contributed by atoms with van der Waals surface area (Å²) in [6.07, 6.45) is 1.53. The predicted octanol–water partition coefficient (Wildman–Crippen LogP) is 2.95. The van der Waals surface area contributed by atoms with E-state index in [0.29, 0.717) is 12.2 Å². The molecule has 1 N–H and O–H groups in total. The highest BCUT2D eigenvalue weighted by Gasteiger charge is 2.34. The van der Waals surface area contributed by atoms with Crippen LogP contribution in [0.1, 0.15) is 17.4 Å². The normalized spacial score (nSPS) is 17.2. The van der Waals surface area contributed by atoms with Gasteiger partial charge in [-0.25, -0.2) is 0 Å². The molecule has 1 aromatic heterocycles. The summed E-state index contributed by atoms with van der Waals surface area (Å²) in [6, 6.07) is 19.4. The average molecular weight is 360 g/mol. The molecule has 27 heavy (non-hydrogen) atoms. The van der Waals surface area contributed by atoms with Crippen LogP contribution < -0.4 is 4.90 Å². The number of hydrogen-bond acceptors (Lipinski definition) is 3. The first-order chi connectivity index (χ1) is 13.1. The van der Waals surface area contributed by atoms with Gasteiger partial charge in [-0.15, -0.1) is 0 Å². The fourth-order valence-corrected chi connectivity index (χ4v) is 3.46. The van der Waals surface area contributed by atoms with Crippen LogP contribution in [0.2, 0.25) is 0 Å². The zero-order chi connectivity index (χ0) is 18.8. The molecule has 3 aromatic rings. The maximum atomic E-state index is 12.9. The second-order valence-corrected chi connectivity index (χ2v) is 6.64. The number of aromatic nitrogens is 2. The van der Waals surface area contributed by atoms with E-state index in [1.165, 1.54) is 6.20 Å². The van der Waals surface area contributed by atoms with Crippen LogP contribution in [-0.4, -0.2) is 46.0 Å². The third-order valence-corrected chi connectivity index (χ3v) is 4.86. The lowest BCUT2D eigenvalue weighted by Gasteiger charge is -2.39. The fraction of sp³-hybridized carbons (Fsp3) is 0.190. The zero-order valence-electron chi connectivity index (χ0n) is 15.0. The second-order valence-electron chi connectivity index (χ2n) is 6.64. The summed E-state index contributed by atoms with van der Waals surface area (Å²) in [7, 11) is 0. The molecule has 1 fully saturated rings. The van der Waals surface area contributed by atoms with E-state index in [1.807, 2.05) is 61.5 Å². The average Bonchev–Trinajstić information content (AvgIpc) is 3.24. The third-order valence-electron chi connectivity index (χ3n) is 4.86. The van der Waals surface area contributed by atoms with Crippen molar-refractivity contribution in [3.8, 4) is 11.1 Å². The maximum Gasteiger partial charge on any atom is 0.272 e. The molecule has 0 bridgehead atoms. The standard InChI is InChI=1S/C21H20N4O2/c1-15-13-25(20(26)14-24(15)21(27)18-11-12-22-23-18)19-10-6-5-9-17(19)16-7-3-2-4-8-16/h2-12,15H,13-14H2,1H3,(H,22,23). The molecule has 2 heterocycles. The number of carbonyl (C=O) groups excluding carboxylic acids is 2. The number of amides is 2. The van der Waals surface area contributed by atoms with Gasteiger partial charge >= 0.3 is 0 Å². The summed E-state index contributed by atoms with van der Waals surface area (Å²) >= 11 is 0. The van der Waals surface area contributed by atoms with Crippen LogP contribution in [-0.2, 0) is 4.79 Å². The number of anilines is 1. The molecule has 1 atom stereocenters. The number of nitrogens with one attached hydrogen (secondary N) is 1. The van der Waals surface area contributed by atoms with Gasteiger partial charge in [0.05, 0.1) is 5.69 Å². The van der Waals surface area contributed by atoms with E-state index in [1.54, 1.807) is 15.9 Å². The molecule has 0 aliphatic carbocycles. The molecule has 6 nitrogen and oxygen atoms in total. The molecule has 136 valence electrons. The van der Waals surface area contributed by atoms with Gasteiger partial charge in [0.1, 0.15) is 12.2 Å². The third kappa shape index (κ3) is 3.21. The number of carbonyl (C=O) groups is 2. The van der Waals surface area contributed by atoms with Crippen molar-refractivity contribution >= 4 is 17.5 Å². The largest absolute Gasteiger partial charge is 0.324 e. The number of rotatable bonds is 3. The van der Waals surface area contributed by atoms with Crippen molar-refractivity contribution < 1.29 is 9.59 Å². The molecule has 1 unspecified atom stereocenters. The van der Waals surface area contributed by atoms with Crippen LogP contribution in [0.25, 0.3) is 11.1 Å². The molecule has 2 aromatic carbocycles. The molecule has 1 aliphatic rings. The van der Waals surface area contributed by atoms with Crippen molar-refractivity contribution in [2.24, 2.45) is 0 Å². The number of hydrogen-bond donors (Lipinski definition) is 1. The van der Waals surface area contributed by atoms with Crippen molar-refractivity contribution in [1.29, 1.82) is 0 Å². The van der Waals surface area contributed by atoms with E-state index in [2.05, 4.69) is 10.2 Å². The van der Waals surface area contributed by atoms with Gasteiger partial charge in [0.2, 0.25) is 5.91 Å². The first-order valence-electron chi connectivity index (χ1n) is 8.90. The molecule has 0 saturated carbocycles. The van der Waals surface area contributed by atoms with Crippen LogP contribution in [0.4, 0.5) is 5.69 Å². The minimum Gasteiger partial charge on any atom is -0.324 e. The summed E-state index contributed by atoms with van der Waals surface area (Å²) in [5, 5.41) is 6.50. The number of aromatic amines is 1. The quantitative estimate of drug-likeness (QED) is 0.781. The molecule has 1 saturated heterocycles. The Bertz CT molecular complexity index is 953. The predicted molar refractivity (Wildman–Crippen MR) is 103 cm³/mol. The smallest absolute Gasteiger partial charge is 0.272 e. The highest BCUT2D eigenvalue weighted by atomic mass is 16.2. The van der Waals surface area contributed by atoms with Crippen LogP contribution in [0.15, 0.2) is 66.9 Å². The molecular formula is C21H20N4O2. The van der Waals surface area contributed by atoms with Gasteiger partial charge < -0.3 is 9.80 Å². The van der Waals surface area contributed by atoms with Gasteiger partial charge in [-0.1, -0.05) is 48.5 Å². The molecule has 0 radical (unpaired) electrons. The highest BCUT2D eigenvalue weighted by Crippen LogP contribution is 2.32. The van der Waals surface area contributed by atoms with E-state index in [4.69, 9.17) is 0 Å². The Morgan fingerprint density at radius 2 is 1.81 bits per heavy atom. The molecule has 2 amide bonds. The Hall–Kier alpha value is -3.41. The van der Waals surface area contributed by atoms with Crippen molar-refractivity contribution in [3.05, 3.63) is 72.6 Å². The van der Waals surface area contributed by atoms with E-state index in [0.717, 1.165) is 16.8 Å². The Morgan fingerprint density at radius 1 is 1.07 bits per heavy atom. The maximum absolute atomic E-state index is 12.9. The lowest BCUT2D eigenvalue weighted by molar-refractivity contribution is -0.121. The van der Waals surface area contributed by atoms with Gasteiger partial charge in [0, 0.05) is 24.3 Å². The monoisotopic (exact) mass is 360 g/mol. The van der Waals surface area contributed by atoms with E-state index in [9.17, 15) is 9.59 Å². The first kappa shape index (κ1) is 17.0. The second kappa shape index (κ2) is 7.07. The van der Waals surface area contributed by atoms with Gasteiger partial charge in [0.15, 0.2) is 0 Å². The van der Waals surface area contributed by atoms with Crippen LogP contribution in [0.3, 0.4) is 0 Å². The summed E-state index contributed by atoms with van der Waals surface area (Å²) in [4.78, 5) is 28.9. The van der Waals surface area contributed by atoms with Gasteiger partial charge in [-0.05, 0) is 24.6 Å². The zero-order valence-corrected chi connectivity index (χ0v) is 15.0. The molecule has 1 aliphatic heterocycles. The lowest BCUT2D eigenvalue weighted by atomic mass is 10.0. The van der Waals surface area contributed by atoms with Gasteiger partial charge in [-0.2, -0.15) is 5.10 Å².